The molecule has 1 aliphatic heterocycles. The van der Waals surface area contributed by atoms with E-state index < -0.39 is 17.7 Å². The first kappa shape index (κ1) is 20.3. The SMILES string of the molecule is C/C(=C\C(=O)OC(C)CN1CCOCC1)Nc1cccc(C(F)(F)F)c1. The maximum Gasteiger partial charge on any atom is 0.416 e. The van der Waals surface area contributed by atoms with E-state index in [2.05, 4.69) is 10.2 Å². The van der Waals surface area contributed by atoms with Crippen LogP contribution in [0.2, 0.25) is 0 Å². The summed E-state index contributed by atoms with van der Waals surface area (Å²) < 4.78 is 48.8. The molecule has 144 valence electrons. The molecule has 0 saturated carbocycles. The number of benzene rings is 1. The summed E-state index contributed by atoms with van der Waals surface area (Å²) in [5, 5.41) is 2.77. The summed E-state index contributed by atoms with van der Waals surface area (Å²) in [4.78, 5) is 14.1. The van der Waals surface area contributed by atoms with Gasteiger partial charge in [0.2, 0.25) is 0 Å². The Bertz CT molecular complexity index is 641. The number of nitrogens with zero attached hydrogens (tertiary/aromatic N) is 1. The van der Waals surface area contributed by atoms with Crippen molar-refractivity contribution in [1.29, 1.82) is 0 Å². The number of alkyl halides is 3. The van der Waals surface area contributed by atoms with Crippen LogP contribution in [0.5, 0.6) is 0 Å². The summed E-state index contributed by atoms with van der Waals surface area (Å²) in [6.45, 7) is 6.94. The summed E-state index contributed by atoms with van der Waals surface area (Å²) in [7, 11) is 0. The van der Waals surface area contributed by atoms with E-state index in [1.807, 2.05) is 0 Å². The van der Waals surface area contributed by atoms with Crippen molar-refractivity contribution in [1.82, 2.24) is 4.90 Å². The molecule has 0 amide bonds. The van der Waals surface area contributed by atoms with E-state index >= 15 is 0 Å². The molecule has 1 aromatic rings. The predicted octanol–water partition coefficient (Wildman–Crippen LogP) is 3.29. The number of anilines is 1. The van der Waals surface area contributed by atoms with Crippen molar-refractivity contribution in [3.8, 4) is 0 Å². The Morgan fingerprint density at radius 2 is 2.08 bits per heavy atom. The fourth-order valence-corrected chi connectivity index (χ4v) is 2.63. The molecule has 0 radical (unpaired) electrons. The lowest BCUT2D eigenvalue weighted by Gasteiger charge is -2.28. The molecule has 1 aliphatic rings. The minimum absolute atomic E-state index is 0.253. The van der Waals surface area contributed by atoms with E-state index in [0.717, 1.165) is 25.2 Å². The highest BCUT2D eigenvalue weighted by molar-refractivity contribution is 5.83. The Morgan fingerprint density at radius 3 is 2.73 bits per heavy atom. The molecule has 1 N–H and O–H groups in total. The number of rotatable bonds is 6. The number of morpholine rings is 1. The van der Waals surface area contributed by atoms with Crippen molar-refractivity contribution in [2.24, 2.45) is 0 Å². The molecular weight excluding hydrogens is 349 g/mol. The van der Waals surface area contributed by atoms with Crippen LogP contribution < -0.4 is 5.32 Å². The Labute approximate surface area is 150 Å². The molecular formula is C18H23F3N2O3. The van der Waals surface area contributed by atoms with Crippen LogP contribution in [0.4, 0.5) is 18.9 Å². The molecule has 1 fully saturated rings. The van der Waals surface area contributed by atoms with Crippen LogP contribution in [0.15, 0.2) is 36.0 Å². The Hall–Kier alpha value is -2.06. The molecule has 0 aliphatic carbocycles. The number of hydrogen-bond donors (Lipinski definition) is 1. The number of ether oxygens (including phenoxy) is 2. The van der Waals surface area contributed by atoms with Gasteiger partial charge in [0.15, 0.2) is 0 Å². The van der Waals surface area contributed by atoms with Gasteiger partial charge in [0, 0.05) is 37.1 Å². The quantitative estimate of drug-likeness (QED) is 0.614. The number of carbonyl (C=O) groups excluding carboxylic acids is 1. The van der Waals surface area contributed by atoms with Crippen LogP contribution in [0.3, 0.4) is 0 Å². The number of nitrogens with one attached hydrogen (secondary N) is 1. The van der Waals surface area contributed by atoms with Crippen molar-refractivity contribution in [3.63, 3.8) is 0 Å². The minimum Gasteiger partial charge on any atom is -0.458 e. The van der Waals surface area contributed by atoms with Gasteiger partial charge < -0.3 is 14.8 Å². The first-order valence-electron chi connectivity index (χ1n) is 8.37. The van der Waals surface area contributed by atoms with Gasteiger partial charge in [-0.25, -0.2) is 4.79 Å². The monoisotopic (exact) mass is 372 g/mol. The fraction of sp³-hybridized carbons (Fsp3) is 0.500. The summed E-state index contributed by atoms with van der Waals surface area (Å²) in [5.74, 6) is -0.539. The van der Waals surface area contributed by atoms with E-state index in [9.17, 15) is 18.0 Å². The van der Waals surface area contributed by atoms with Crippen molar-refractivity contribution < 1.29 is 27.4 Å². The topological polar surface area (TPSA) is 50.8 Å². The highest BCUT2D eigenvalue weighted by Crippen LogP contribution is 2.30. The van der Waals surface area contributed by atoms with Gasteiger partial charge in [-0.15, -0.1) is 0 Å². The Morgan fingerprint density at radius 1 is 1.38 bits per heavy atom. The van der Waals surface area contributed by atoms with Crippen LogP contribution in [-0.4, -0.2) is 49.8 Å². The third-order valence-electron chi connectivity index (χ3n) is 3.80. The Kier molecular flexibility index (Phi) is 7.05. The number of esters is 1. The van der Waals surface area contributed by atoms with Crippen molar-refractivity contribution in [2.75, 3.05) is 38.2 Å². The molecule has 1 atom stereocenters. The second-order valence-corrected chi connectivity index (χ2v) is 6.19. The van der Waals surface area contributed by atoms with Gasteiger partial charge in [0.25, 0.3) is 0 Å². The van der Waals surface area contributed by atoms with Gasteiger partial charge in [0.1, 0.15) is 6.10 Å². The average Bonchev–Trinajstić information content (AvgIpc) is 2.54. The van der Waals surface area contributed by atoms with E-state index in [1.54, 1.807) is 13.8 Å². The Balaban J connectivity index is 1.87. The second kappa shape index (κ2) is 9.05. The lowest BCUT2D eigenvalue weighted by molar-refractivity contribution is -0.143. The normalized spacial score (nSPS) is 17.7. The van der Waals surface area contributed by atoms with Gasteiger partial charge in [-0.1, -0.05) is 6.07 Å². The molecule has 5 nitrogen and oxygen atoms in total. The molecule has 1 aromatic carbocycles. The van der Waals surface area contributed by atoms with E-state index in [0.29, 0.717) is 25.5 Å². The van der Waals surface area contributed by atoms with Crippen LogP contribution in [0, 0.1) is 0 Å². The van der Waals surface area contributed by atoms with Gasteiger partial charge in [-0.3, -0.25) is 4.90 Å². The second-order valence-electron chi connectivity index (χ2n) is 6.19. The lowest BCUT2D eigenvalue weighted by Crippen LogP contribution is -2.41. The standard InChI is InChI=1S/C18H23F3N2O3/c1-13(22-16-5-3-4-15(11-16)18(19,20)21)10-17(24)26-14(2)12-23-6-8-25-9-7-23/h3-5,10-11,14,22H,6-9,12H2,1-2H3/b13-10+. The van der Waals surface area contributed by atoms with Crippen molar-refractivity contribution in [2.45, 2.75) is 26.1 Å². The smallest absolute Gasteiger partial charge is 0.416 e. The number of hydrogen-bond acceptors (Lipinski definition) is 5. The zero-order valence-electron chi connectivity index (χ0n) is 14.8. The van der Waals surface area contributed by atoms with Gasteiger partial charge in [-0.05, 0) is 32.0 Å². The molecule has 1 unspecified atom stereocenters. The molecule has 2 rings (SSSR count). The maximum atomic E-state index is 12.7. The number of allylic oxidation sites excluding steroid dienone is 1. The number of halogens is 3. The highest BCUT2D eigenvalue weighted by Gasteiger charge is 2.30. The summed E-state index contributed by atoms with van der Waals surface area (Å²) in [6.07, 6.45) is -3.47. The largest absolute Gasteiger partial charge is 0.458 e. The van der Waals surface area contributed by atoms with E-state index in [4.69, 9.17) is 9.47 Å². The van der Waals surface area contributed by atoms with Crippen LogP contribution in [0.25, 0.3) is 0 Å². The molecule has 8 heteroatoms. The summed E-state index contributed by atoms with van der Waals surface area (Å²) >= 11 is 0. The third kappa shape index (κ3) is 6.68. The lowest BCUT2D eigenvalue weighted by atomic mass is 10.2. The summed E-state index contributed by atoms with van der Waals surface area (Å²) in [6, 6.07) is 4.79. The van der Waals surface area contributed by atoms with E-state index in [-0.39, 0.29) is 11.8 Å². The number of carbonyl (C=O) groups is 1. The molecule has 0 spiro atoms. The van der Waals surface area contributed by atoms with Crippen LogP contribution in [0.1, 0.15) is 19.4 Å². The van der Waals surface area contributed by atoms with Crippen molar-refractivity contribution >= 4 is 11.7 Å². The fourth-order valence-electron chi connectivity index (χ4n) is 2.63. The zero-order chi connectivity index (χ0) is 19.2. The van der Waals surface area contributed by atoms with Gasteiger partial charge in [-0.2, -0.15) is 13.2 Å². The minimum atomic E-state index is -4.41. The zero-order valence-corrected chi connectivity index (χ0v) is 14.8. The molecule has 0 bridgehead atoms. The molecule has 1 heterocycles. The van der Waals surface area contributed by atoms with E-state index in [1.165, 1.54) is 18.2 Å². The average molecular weight is 372 g/mol. The summed E-state index contributed by atoms with van der Waals surface area (Å²) in [5.41, 5.74) is -0.104. The van der Waals surface area contributed by atoms with Crippen LogP contribution in [-0.2, 0) is 20.4 Å². The highest BCUT2D eigenvalue weighted by atomic mass is 19.4. The molecule has 26 heavy (non-hydrogen) atoms. The van der Waals surface area contributed by atoms with Crippen molar-refractivity contribution in [3.05, 3.63) is 41.6 Å². The first-order chi connectivity index (χ1) is 12.2. The molecule has 0 aromatic heterocycles. The first-order valence-corrected chi connectivity index (χ1v) is 8.37. The van der Waals surface area contributed by atoms with Gasteiger partial charge >= 0.3 is 12.1 Å². The molecule has 1 saturated heterocycles. The third-order valence-corrected chi connectivity index (χ3v) is 3.80. The van der Waals surface area contributed by atoms with Crippen LogP contribution >= 0.6 is 0 Å². The predicted molar refractivity (Wildman–Crippen MR) is 91.6 cm³/mol. The maximum absolute atomic E-state index is 12.7. The van der Waals surface area contributed by atoms with Gasteiger partial charge in [0.05, 0.1) is 18.8 Å².